The molecule has 8 rings (SSSR count). The van der Waals surface area contributed by atoms with Gasteiger partial charge in [0.1, 0.15) is 0 Å². The van der Waals surface area contributed by atoms with E-state index in [1.165, 1.54) is 0 Å². The molecule has 1 atom stereocenters. The number of hydrogen-bond donors (Lipinski definition) is 0. The largest absolute Gasteiger partial charge is 0.310 e. The normalized spacial score (nSPS) is 11.4. The van der Waals surface area contributed by atoms with Crippen LogP contribution in [0.4, 0.5) is 22.7 Å². The van der Waals surface area contributed by atoms with Crippen molar-refractivity contribution in [2.24, 2.45) is 0 Å². The molecule has 0 amide bonds. The van der Waals surface area contributed by atoms with Crippen LogP contribution >= 0.6 is 0 Å². The molecule has 0 fully saturated rings. The first-order chi connectivity index (χ1) is 24.6. The smallest absolute Gasteiger partial charge is 0.187 e. The molecule has 5 nitrogen and oxygen atoms in total. The van der Waals surface area contributed by atoms with Crippen molar-refractivity contribution in [1.82, 2.24) is 0 Å². The fraction of sp³-hybridized carbons (Fsp3) is 0.0222. The summed E-state index contributed by atoms with van der Waals surface area (Å²) in [7, 11) is 0. The highest BCUT2D eigenvalue weighted by Crippen LogP contribution is 2.46. The molecule has 0 N–H and O–H groups in total. The third kappa shape index (κ3) is 5.01. The van der Waals surface area contributed by atoms with Crippen LogP contribution in [0.5, 0.6) is 0 Å². The number of benzene rings is 8. The summed E-state index contributed by atoms with van der Waals surface area (Å²) in [6.45, 7) is 7.48. The Labute approximate surface area is 289 Å². The lowest BCUT2D eigenvalue weighted by molar-refractivity contribution is 0.990. The first-order valence-electron chi connectivity index (χ1n) is 16.1. The Morgan fingerprint density at radius 3 is 1.44 bits per heavy atom. The van der Waals surface area contributed by atoms with E-state index in [-0.39, 0.29) is 5.92 Å². The summed E-state index contributed by atoms with van der Waals surface area (Å²) in [6, 6.07) is 54.7. The molecule has 0 spiro atoms. The highest BCUT2D eigenvalue weighted by atomic mass is 15.1. The van der Waals surface area contributed by atoms with Crippen LogP contribution in [-0.2, 0) is 0 Å². The molecule has 50 heavy (non-hydrogen) atoms. The lowest BCUT2D eigenvalue weighted by Gasteiger charge is -2.28. The Kier molecular flexibility index (Phi) is 7.36. The number of nitrogens with zero attached hydrogens (tertiary/aromatic N) is 5. The van der Waals surface area contributed by atoms with Crippen LogP contribution in [0.25, 0.3) is 37.2 Å². The summed E-state index contributed by atoms with van der Waals surface area (Å²) in [5, 5.41) is 35.2. The van der Waals surface area contributed by atoms with Gasteiger partial charge in [-0.2, -0.15) is 15.8 Å². The van der Waals surface area contributed by atoms with Crippen molar-refractivity contribution in [3.05, 3.63) is 190 Å². The molecule has 8 aromatic carbocycles. The summed E-state index contributed by atoms with van der Waals surface area (Å²) in [4.78, 5) is 5.78. The van der Waals surface area contributed by atoms with Crippen molar-refractivity contribution in [2.45, 2.75) is 5.92 Å². The third-order valence-electron chi connectivity index (χ3n) is 9.47. The average molecular weight is 636 g/mol. The maximum absolute atomic E-state index is 9.50. The molecule has 0 aliphatic carbocycles. The van der Waals surface area contributed by atoms with Gasteiger partial charge in [-0.15, -0.1) is 0 Å². The van der Waals surface area contributed by atoms with Gasteiger partial charge in [0.05, 0.1) is 47.2 Å². The van der Waals surface area contributed by atoms with Crippen LogP contribution < -0.4 is 4.90 Å². The van der Waals surface area contributed by atoms with E-state index in [4.69, 9.17) is 6.57 Å². The van der Waals surface area contributed by atoms with Crippen LogP contribution in [0.2, 0.25) is 0 Å². The van der Waals surface area contributed by atoms with Gasteiger partial charge in [-0.1, -0.05) is 78.9 Å². The fourth-order valence-corrected chi connectivity index (χ4v) is 7.10. The first kappa shape index (κ1) is 29.9. The molecule has 0 saturated heterocycles. The lowest BCUT2D eigenvalue weighted by Crippen LogP contribution is -2.11. The fourth-order valence-electron chi connectivity index (χ4n) is 7.10. The zero-order valence-electron chi connectivity index (χ0n) is 26.7. The van der Waals surface area contributed by atoms with Gasteiger partial charge in [0.2, 0.25) is 0 Å². The second kappa shape index (κ2) is 12.3. The Hall–Kier alpha value is -7.44. The van der Waals surface area contributed by atoms with Crippen molar-refractivity contribution >= 4 is 55.1 Å². The lowest BCUT2D eigenvalue weighted by atomic mass is 9.80. The highest BCUT2D eigenvalue weighted by molar-refractivity contribution is 6.26. The number of nitriles is 3. The summed E-state index contributed by atoms with van der Waals surface area (Å²) in [5.41, 5.74) is 8.37. The van der Waals surface area contributed by atoms with Crippen LogP contribution in [0.15, 0.2) is 146 Å². The predicted octanol–water partition coefficient (Wildman–Crippen LogP) is 11.4. The molecule has 1 unspecified atom stereocenters. The first-order valence-corrected chi connectivity index (χ1v) is 16.1. The van der Waals surface area contributed by atoms with Crippen LogP contribution in [0.3, 0.4) is 0 Å². The molecule has 0 aliphatic rings. The number of hydrogen-bond acceptors (Lipinski definition) is 4. The zero-order valence-corrected chi connectivity index (χ0v) is 26.7. The summed E-state index contributed by atoms with van der Waals surface area (Å²) >= 11 is 0. The van der Waals surface area contributed by atoms with E-state index in [9.17, 15) is 15.8 Å². The van der Waals surface area contributed by atoms with Crippen LogP contribution in [-0.4, -0.2) is 0 Å². The Bertz CT molecular complexity index is 2410. The molecule has 5 heteroatoms. The second-order valence-electron chi connectivity index (χ2n) is 12.2. The second-order valence-corrected chi connectivity index (χ2v) is 12.2. The van der Waals surface area contributed by atoms with Crippen molar-refractivity contribution < 1.29 is 0 Å². The zero-order chi connectivity index (χ0) is 34.2. The van der Waals surface area contributed by atoms with Gasteiger partial charge < -0.3 is 4.90 Å². The molecule has 0 saturated carbocycles. The SMILES string of the molecule is [C-]#[N+]c1ccc(C(c2ccc(C#N)cc2)c2ccc3ccc4c(N(c5ccc(C#N)cc5)c5ccc(C#N)cc5)ccc5ccc2c3c54)cc1. The Morgan fingerprint density at radius 1 is 0.480 bits per heavy atom. The van der Waals surface area contributed by atoms with Crippen molar-refractivity contribution in [1.29, 1.82) is 15.8 Å². The molecule has 0 radical (unpaired) electrons. The highest BCUT2D eigenvalue weighted by Gasteiger charge is 2.23. The predicted molar refractivity (Wildman–Crippen MR) is 199 cm³/mol. The van der Waals surface area contributed by atoms with Crippen molar-refractivity contribution in [2.75, 3.05) is 4.90 Å². The molecular formula is C45H25N5. The van der Waals surface area contributed by atoms with E-state index in [1.54, 1.807) is 0 Å². The summed E-state index contributed by atoms with van der Waals surface area (Å²) < 4.78 is 0. The van der Waals surface area contributed by atoms with Gasteiger partial charge >= 0.3 is 0 Å². The van der Waals surface area contributed by atoms with E-state index in [1.807, 2.05) is 97.1 Å². The summed E-state index contributed by atoms with van der Waals surface area (Å²) in [5.74, 6) is -0.139. The summed E-state index contributed by atoms with van der Waals surface area (Å²) in [6.07, 6.45) is 0. The van der Waals surface area contributed by atoms with E-state index in [0.717, 1.165) is 66.1 Å². The van der Waals surface area contributed by atoms with Crippen LogP contribution in [0.1, 0.15) is 39.3 Å². The molecule has 0 bridgehead atoms. The van der Waals surface area contributed by atoms with Crippen LogP contribution in [0, 0.1) is 40.6 Å². The maximum Gasteiger partial charge on any atom is 0.187 e. The minimum atomic E-state index is -0.139. The van der Waals surface area contributed by atoms with Gasteiger partial charge in [-0.25, -0.2) is 4.85 Å². The van der Waals surface area contributed by atoms with E-state index in [0.29, 0.717) is 22.4 Å². The molecular weight excluding hydrogens is 611 g/mol. The maximum atomic E-state index is 9.50. The Morgan fingerprint density at radius 2 is 0.920 bits per heavy atom. The van der Waals surface area contributed by atoms with Gasteiger partial charge in [-0.3, -0.25) is 0 Å². The van der Waals surface area contributed by atoms with Gasteiger partial charge in [0.15, 0.2) is 5.69 Å². The monoisotopic (exact) mass is 635 g/mol. The van der Waals surface area contributed by atoms with E-state index in [2.05, 4.69) is 76.5 Å². The molecule has 0 aromatic heterocycles. The minimum absolute atomic E-state index is 0.139. The standard InChI is InChI=1S/C45H25N5/c1-49-36-16-10-33(11-17-36)43(32-8-2-29(26-46)3-9-32)39-22-12-34-14-24-41-42(25-15-35-13-23-40(39)44(34)45(35)41)50(37-18-4-30(27-47)5-19-37)38-20-6-31(28-48)7-21-38/h2-25,43H. The van der Waals surface area contributed by atoms with Crippen molar-refractivity contribution in [3.8, 4) is 18.2 Å². The molecule has 0 heterocycles. The van der Waals surface area contributed by atoms with Gasteiger partial charge in [0, 0.05) is 22.7 Å². The third-order valence-corrected chi connectivity index (χ3v) is 9.47. The number of rotatable bonds is 6. The van der Waals surface area contributed by atoms with Gasteiger partial charge in [-0.05, 0) is 110 Å². The molecule has 0 aliphatic heterocycles. The molecule has 230 valence electrons. The van der Waals surface area contributed by atoms with Crippen molar-refractivity contribution in [3.63, 3.8) is 0 Å². The van der Waals surface area contributed by atoms with Gasteiger partial charge in [0.25, 0.3) is 0 Å². The average Bonchev–Trinajstić information content (AvgIpc) is 3.19. The quantitative estimate of drug-likeness (QED) is 0.103. The topological polar surface area (TPSA) is 79.0 Å². The van der Waals surface area contributed by atoms with E-state index >= 15 is 0 Å². The number of anilines is 3. The Balaban J connectivity index is 1.38. The molecule has 8 aromatic rings. The minimum Gasteiger partial charge on any atom is -0.310 e. The van der Waals surface area contributed by atoms with E-state index < -0.39 is 0 Å².